The molecule has 0 saturated carbocycles. The number of benzene rings is 1. The third kappa shape index (κ3) is 2.69. The van der Waals surface area contributed by atoms with Gasteiger partial charge in [-0.25, -0.2) is 4.39 Å². The molecule has 2 nitrogen and oxygen atoms in total. The van der Waals surface area contributed by atoms with Crippen molar-refractivity contribution in [3.63, 3.8) is 0 Å². The zero-order valence-corrected chi connectivity index (χ0v) is 8.83. The Morgan fingerprint density at radius 1 is 1.33 bits per heavy atom. The molecular formula is C12H15FO2. The highest BCUT2D eigenvalue weighted by molar-refractivity contribution is 5.29. The molecule has 1 aliphatic rings. The van der Waals surface area contributed by atoms with Gasteiger partial charge in [0.2, 0.25) is 0 Å². The molecule has 15 heavy (non-hydrogen) atoms. The Morgan fingerprint density at radius 3 is 2.73 bits per heavy atom. The van der Waals surface area contributed by atoms with Gasteiger partial charge in [-0.3, -0.25) is 0 Å². The highest BCUT2D eigenvalue weighted by Crippen LogP contribution is 2.20. The van der Waals surface area contributed by atoms with Gasteiger partial charge in [-0.05, 0) is 30.7 Å². The van der Waals surface area contributed by atoms with E-state index in [1.165, 1.54) is 6.07 Å². The third-order valence-corrected chi connectivity index (χ3v) is 2.60. The van der Waals surface area contributed by atoms with Crippen LogP contribution in [0.1, 0.15) is 18.4 Å². The van der Waals surface area contributed by atoms with Gasteiger partial charge in [-0.2, -0.15) is 0 Å². The van der Waals surface area contributed by atoms with Crippen LogP contribution in [0.3, 0.4) is 0 Å². The molecule has 0 amide bonds. The smallest absolute Gasteiger partial charge is 0.126 e. The van der Waals surface area contributed by atoms with Crippen molar-refractivity contribution < 1.29 is 13.9 Å². The van der Waals surface area contributed by atoms with Crippen LogP contribution in [-0.2, 0) is 4.74 Å². The molecule has 0 unspecified atom stereocenters. The van der Waals surface area contributed by atoms with E-state index in [1.807, 2.05) is 0 Å². The maximum absolute atomic E-state index is 13.0. The summed E-state index contributed by atoms with van der Waals surface area (Å²) in [7, 11) is 0. The lowest BCUT2D eigenvalue weighted by Gasteiger charge is -2.23. The first kappa shape index (κ1) is 10.4. The Kier molecular flexibility index (Phi) is 3.21. The van der Waals surface area contributed by atoms with Crippen LogP contribution >= 0.6 is 0 Å². The number of halogens is 1. The van der Waals surface area contributed by atoms with Gasteiger partial charge in [0.05, 0.1) is 13.2 Å². The minimum atomic E-state index is -0.186. The molecule has 3 heteroatoms. The van der Waals surface area contributed by atoms with Crippen LogP contribution in [-0.4, -0.2) is 19.3 Å². The van der Waals surface area contributed by atoms with E-state index in [4.69, 9.17) is 9.47 Å². The molecule has 0 radical (unpaired) electrons. The molecule has 0 aromatic heterocycles. The Hall–Kier alpha value is -1.09. The number of rotatable bonds is 2. The van der Waals surface area contributed by atoms with E-state index in [0.717, 1.165) is 31.8 Å². The minimum Gasteiger partial charge on any atom is -0.490 e. The molecule has 0 spiro atoms. The van der Waals surface area contributed by atoms with Crippen LogP contribution in [0.2, 0.25) is 0 Å². The number of aryl methyl sites for hydroxylation is 1. The molecule has 1 aromatic rings. The van der Waals surface area contributed by atoms with Crippen molar-refractivity contribution in [3.8, 4) is 5.75 Å². The fraction of sp³-hybridized carbons (Fsp3) is 0.500. The van der Waals surface area contributed by atoms with Crippen molar-refractivity contribution in [1.29, 1.82) is 0 Å². The van der Waals surface area contributed by atoms with Gasteiger partial charge >= 0.3 is 0 Å². The van der Waals surface area contributed by atoms with E-state index in [2.05, 4.69) is 0 Å². The van der Waals surface area contributed by atoms with Gasteiger partial charge in [0.25, 0.3) is 0 Å². The fourth-order valence-corrected chi connectivity index (χ4v) is 1.68. The molecule has 0 bridgehead atoms. The lowest BCUT2D eigenvalue weighted by molar-refractivity contribution is 0.0255. The average molecular weight is 210 g/mol. The first-order valence-electron chi connectivity index (χ1n) is 5.26. The quantitative estimate of drug-likeness (QED) is 0.747. The van der Waals surface area contributed by atoms with Crippen molar-refractivity contribution in [2.75, 3.05) is 13.2 Å². The third-order valence-electron chi connectivity index (χ3n) is 2.60. The van der Waals surface area contributed by atoms with Gasteiger partial charge in [0.1, 0.15) is 17.7 Å². The van der Waals surface area contributed by atoms with Gasteiger partial charge in [-0.1, -0.05) is 0 Å². The lowest BCUT2D eigenvalue weighted by Crippen LogP contribution is -2.25. The summed E-state index contributed by atoms with van der Waals surface area (Å²) in [6.07, 6.45) is 2.04. The summed E-state index contributed by atoms with van der Waals surface area (Å²) in [6.45, 7) is 3.25. The second-order valence-corrected chi connectivity index (χ2v) is 3.84. The Bertz CT molecular complexity index is 332. The lowest BCUT2D eigenvalue weighted by atomic mass is 10.1. The molecule has 1 aromatic carbocycles. The van der Waals surface area contributed by atoms with Crippen LogP contribution in [0, 0.1) is 12.7 Å². The van der Waals surface area contributed by atoms with E-state index in [9.17, 15) is 4.39 Å². The van der Waals surface area contributed by atoms with Crippen molar-refractivity contribution in [1.82, 2.24) is 0 Å². The second-order valence-electron chi connectivity index (χ2n) is 3.84. The van der Waals surface area contributed by atoms with Crippen LogP contribution in [0.15, 0.2) is 18.2 Å². The zero-order chi connectivity index (χ0) is 10.7. The first-order chi connectivity index (χ1) is 7.25. The van der Waals surface area contributed by atoms with E-state index in [-0.39, 0.29) is 11.9 Å². The Labute approximate surface area is 89.0 Å². The van der Waals surface area contributed by atoms with Crippen LogP contribution in [0.25, 0.3) is 0 Å². The Morgan fingerprint density at radius 2 is 2.07 bits per heavy atom. The maximum Gasteiger partial charge on any atom is 0.126 e. The van der Waals surface area contributed by atoms with Crippen molar-refractivity contribution in [2.24, 2.45) is 0 Å². The van der Waals surface area contributed by atoms with Crippen LogP contribution in [0.5, 0.6) is 5.75 Å². The van der Waals surface area contributed by atoms with Gasteiger partial charge in [0.15, 0.2) is 0 Å². The second kappa shape index (κ2) is 4.62. The van der Waals surface area contributed by atoms with Gasteiger partial charge in [0, 0.05) is 12.8 Å². The van der Waals surface area contributed by atoms with E-state index in [0.29, 0.717) is 5.56 Å². The molecule has 1 fully saturated rings. The standard InChI is InChI=1S/C12H15FO2/c1-9-8-11(2-3-12(9)13)15-10-4-6-14-7-5-10/h2-3,8,10H,4-7H2,1H3. The summed E-state index contributed by atoms with van der Waals surface area (Å²) in [5.74, 6) is 0.565. The average Bonchev–Trinajstić information content (AvgIpc) is 2.25. The molecule has 2 rings (SSSR count). The summed E-state index contributed by atoms with van der Waals surface area (Å²) in [5, 5.41) is 0. The highest BCUT2D eigenvalue weighted by atomic mass is 19.1. The van der Waals surface area contributed by atoms with Crippen molar-refractivity contribution in [3.05, 3.63) is 29.6 Å². The summed E-state index contributed by atoms with van der Waals surface area (Å²) in [4.78, 5) is 0. The van der Waals surface area contributed by atoms with E-state index in [1.54, 1.807) is 19.1 Å². The van der Waals surface area contributed by atoms with Crippen LogP contribution in [0.4, 0.5) is 4.39 Å². The topological polar surface area (TPSA) is 18.5 Å². The molecular weight excluding hydrogens is 195 g/mol. The molecule has 0 atom stereocenters. The predicted molar refractivity (Wildman–Crippen MR) is 55.6 cm³/mol. The maximum atomic E-state index is 13.0. The molecule has 1 saturated heterocycles. The van der Waals surface area contributed by atoms with Crippen LogP contribution < -0.4 is 4.74 Å². The molecule has 0 N–H and O–H groups in total. The van der Waals surface area contributed by atoms with Gasteiger partial charge < -0.3 is 9.47 Å². The largest absolute Gasteiger partial charge is 0.490 e. The number of hydrogen-bond acceptors (Lipinski definition) is 2. The molecule has 82 valence electrons. The van der Waals surface area contributed by atoms with Crippen molar-refractivity contribution in [2.45, 2.75) is 25.9 Å². The zero-order valence-electron chi connectivity index (χ0n) is 8.83. The monoisotopic (exact) mass is 210 g/mol. The number of hydrogen-bond donors (Lipinski definition) is 0. The van der Waals surface area contributed by atoms with E-state index >= 15 is 0 Å². The highest BCUT2D eigenvalue weighted by Gasteiger charge is 2.15. The fourth-order valence-electron chi connectivity index (χ4n) is 1.68. The van der Waals surface area contributed by atoms with E-state index < -0.39 is 0 Å². The Balaban J connectivity index is 2.00. The summed E-state index contributed by atoms with van der Waals surface area (Å²) < 4.78 is 24.0. The van der Waals surface area contributed by atoms with Gasteiger partial charge in [-0.15, -0.1) is 0 Å². The summed E-state index contributed by atoms with van der Waals surface area (Å²) >= 11 is 0. The summed E-state index contributed by atoms with van der Waals surface area (Å²) in [5.41, 5.74) is 0.625. The molecule has 0 aliphatic carbocycles. The molecule has 1 heterocycles. The summed E-state index contributed by atoms with van der Waals surface area (Å²) in [6, 6.07) is 4.87. The van der Waals surface area contributed by atoms with Crippen molar-refractivity contribution >= 4 is 0 Å². The minimum absolute atomic E-state index is 0.186. The molecule has 1 aliphatic heterocycles. The predicted octanol–water partition coefficient (Wildman–Crippen LogP) is 2.69. The normalized spacial score (nSPS) is 17.7. The number of ether oxygens (including phenoxy) is 2. The first-order valence-corrected chi connectivity index (χ1v) is 5.26. The SMILES string of the molecule is Cc1cc(OC2CCOCC2)ccc1F.